The number of alkyl halides is 3. The number of halogens is 3. The Morgan fingerprint density at radius 1 is 0.961 bits per heavy atom. The van der Waals surface area contributed by atoms with Gasteiger partial charge in [-0.3, -0.25) is 19.4 Å². The molecular weight excluding hydrogens is 671 g/mol. The van der Waals surface area contributed by atoms with Crippen LogP contribution in [0.15, 0.2) is 66.9 Å². The van der Waals surface area contributed by atoms with Gasteiger partial charge in [0.1, 0.15) is 29.4 Å². The van der Waals surface area contributed by atoms with Crippen LogP contribution in [0.4, 0.5) is 34.3 Å². The number of carbonyl (C=O) groups excluding carboxylic acids is 3. The van der Waals surface area contributed by atoms with Crippen LogP contribution in [0.3, 0.4) is 0 Å². The lowest BCUT2D eigenvalue weighted by Gasteiger charge is -2.46. The van der Waals surface area contributed by atoms with Crippen molar-refractivity contribution in [2.75, 3.05) is 31.1 Å². The van der Waals surface area contributed by atoms with Gasteiger partial charge in [0.2, 0.25) is 5.91 Å². The molecule has 2 aliphatic rings. The van der Waals surface area contributed by atoms with E-state index in [2.05, 4.69) is 10.3 Å². The quantitative estimate of drug-likeness (QED) is 0.230. The number of nitrogens with one attached hydrogen (secondary N) is 1. The van der Waals surface area contributed by atoms with E-state index in [0.717, 1.165) is 11.3 Å². The smallest absolute Gasteiger partial charge is 0.413 e. The minimum absolute atomic E-state index is 0.0518. The summed E-state index contributed by atoms with van der Waals surface area (Å²) in [7, 11) is 4.43. The first kappa shape index (κ1) is 36.9. The van der Waals surface area contributed by atoms with Crippen molar-refractivity contribution in [2.45, 2.75) is 63.3 Å². The van der Waals surface area contributed by atoms with Crippen molar-refractivity contribution < 1.29 is 46.9 Å². The molecule has 12 nitrogen and oxygen atoms in total. The zero-order valence-electron chi connectivity index (χ0n) is 28.4. The van der Waals surface area contributed by atoms with Gasteiger partial charge in [-0.2, -0.15) is 13.2 Å². The summed E-state index contributed by atoms with van der Waals surface area (Å²) in [4.78, 5) is 60.5. The van der Waals surface area contributed by atoms with Crippen molar-refractivity contribution in [3.63, 3.8) is 0 Å². The fraction of sp³-hybridized carbons (Fsp3) is 0.417. The molecule has 2 fully saturated rings. The topological polar surface area (TPSA) is 142 Å². The molecule has 1 aromatic heterocycles. The number of benzene rings is 2. The van der Waals surface area contributed by atoms with Crippen LogP contribution in [0, 0.1) is 11.8 Å². The first-order chi connectivity index (χ1) is 24.3. The Bertz CT molecular complexity index is 1720. The van der Waals surface area contributed by atoms with Gasteiger partial charge in [0, 0.05) is 18.9 Å². The van der Waals surface area contributed by atoms with E-state index in [1.165, 1.54) is 38.4 Å². The monoisotopic (exact) mass is 711 g/mol. The maximum Gasteiger partial charge on any atom is 0.413 e. The number of hydrogen-bond donors (Lipinski definition) is 2. The number of methoxy groups -OCH3 is 2. The molecule has 0 unspecified atom stereocenters. The minimum Gasteiger partial charge on any atom is -0.497 e. The van der Waals surface area contributed by atoms with Crippen LogP contribution in [0.25, 0.3) is 0 Å². The number of carboxylic acid groups (broad SMARTS) is 1. The number of rotatable bonds is 11. The molecule has 1 aliphatic carbocycles. The minimum atomic E-state index is -4.76. The van der Waals surface area contributed by atoms with Gasteiger partial charge < -0.3 is 24.8 Å². The fourth-order valence-corrected chi connectivity index (χ4v) is 6.67. The van der Waals surface area contributed by atoms with Crippen molar-refractivity contribution in [1.29, 1.82) is 0 Å². The number of ether oxygens (including phenoxy) is 2. The second-order valence-electron chi connectivity index (χ2n) is 12.7. The van der Waals surface area contributed by atoms with Crippen LogP contribution in [0.2, 0.25) is 0 Å². The van der Waals surface area contributed by atoms with Crippen LogP contribution < -0.4 is 24.6 Å². The average molecular weight is 712 g/mol. The molecular formula is C36H40F3N5O7. The molecule has 2 heterocycles. The normalized spacial score (nSPS) is 18.3. The Balaban J connectivity index is 1.41. The standard InChI is InChI=1S/C36H40F3N5O7/c1-42(25-11-15-27(51-3)16-12-25)33(46)30-28(32(45)44(30)34(47)41-31(36(37,38)39)24-7-5-4-6-8-24)19-23-17-18-40-29(20-23)43(35(48)49)21-22-9-13-26(50-2)14-10-22/h9-18,20,24,28,30-31H,4-8,19,21H2,1-3H3,(H,41,47)(H,48,49)/t28-,30-,31-/m0/s1. The molecule has 1 aliphatic heterocycles. The third-order valence-electron chi connectivity index (χ3n) is 9.50. The summed E-state index contributed by atoms with van der Waals surface area (Å²) >= 11 is 0. The lowest BCUT2D eigenvalue weighted by molar-refractivity contribution is -0.170. The maximum absolute atomic E-state index is 14.2. The van der Waals surface area contributed by atoms with Crippen LogP contribution in [-0.2, 0) is 22.6 Å². The van der Waals surface area contributed by atoms with Gasteiger partial charge in [-0.25, -0.2) is 14.6 Å². The predicted molar refractivity (Wildman–Crippen MR) is 181 cm³/mol. The largest absolute Gasteiger partial charge is 0.497 e. The van der Waals surface area contributed by atoms with Crippen LogP contribution in [-0.4, -0.2) is 78.5 Å². The first-order valence-electron chi connectivity index (χ1n) is 16.5. The summed E-state index contributed by atoms with van der Waals surface area (Å²) in [6.45, 7) is -0.0543. The third-order valence-corrected chi connectivity index (χ3v) is 9.50. The number of likely N-dealkylation sites (tertiary alicyclic amines) is 1. The molecule has 0 radical (unpaired) electrons. The SMILES string of the molecule is COc1ccc(CN(C(=O)O)c2cc(C[C@@H]3C(=O)N(C(=O)N[C@@H](C4CCCCC4)C(F)(F)F)[C@@H]3C(=O)N(C)c3ccc(OC)cc3)ccn2)cc1. The second kappa shape index (κ2) is 15.7. The van der Waals surface area contributed by atoms with Crippen molar-refractivity contribution in [3.8, 4) is 11.5 Å². The zero-order chi connectivity index (χ0) is 36.9. The predicted octanol–water partition coefficient (Wildman–Crippen LogP) is 6.04. The number of hydrogen-bond acceptors (Lipinski definition) is 7. The Morgan fingerprint density at radius 3 is 2.14 bits per heavy atom. The molecule has 1 saturated heterocycles. The third kappa shape index (κ3) is 8.35. The van der Waals surface area contributed by atoms with E-state index in [1.54, 1.807) is 54.6 Å². The highest BCUT2D eigenvalue weighted by Crippen LogP contribution is 2.37. The summed E-state index contributed by atoms with van der Waals surface area (Å²) in [5.41, 5.74) is 1.48. The van der Waals surface area contributed by atoms with Gasteiger partial charge in [-0.05, 0) is 84.8 Å². The molecule has 5 amide bonds. The molecule has 3 atom stereocenters. The highest BCUT2D eigenvalue weighted by Gasteiger charge is 2.57. The first-order valence-corrected chi connectivity index (χ1v) is 16.5. The number of carbonyl (C=O) groups is 4. The van der Waals surface area contributed by atoms with E-state index in [1.807, 2.05) is 0 Å². The summed E-state index contributed by atoms with van der Waals surface area (Å²) < 4.78 is 53.1. The highest BCUT2D eigenvalue weighted by atomic mass is 19.4. The van der Waals surface area contributed by atoms with Crippen LogP contribution >= 0.6 is 0 Å². The molecule has 15 heteroatoms. The van der Waals surface area contributed by atoms with Gasteiger partial charge >= 0.3 is 18.3 Å². The summed E-state index contributed by atoms with van der Waals surface area (Å²) in [6, 6.07) is 11.3. The molecule has 2 N–H and O–H groups in total. The molecule has 0 spiro atoms. The number of pyridine rings is 1. The van der Waals surface area contributed by atoms with E-state index in [-0.39, 0.29) is 31.6 Å². The number of aromatic nitrogens is 1. The summed E-state index contributed by atoms with van der Waals surface area (Å²) in [5, 5.41) is 12.1. The number of likely N-dealkylation sites (N-methyl/N-ethyl adjacent to an activating group) is 1. The fourth-order valence-electron chi connectivity index (χ4n) is 6.67. The van der Waals surface area contributed by atoms with E-state index in [0.29, 0.717) is 46.1 Å². The van der Waals surface area contributed by atoms with E-state index >= 15 is 0 Å². The number of urea groups is 1. The lowest BCUT2D eigenvalue weighted by atomic mass is 9.81. The Labute approximate surface area is 293 Å². The lowest BCUT2D eigenvalue weighted by Crippen LogP contribution is -2.71. The molecule has 51 heavy (non-hydrogen) atoms. The van der Waals surface area contributed by atoms with Gasteiger partial charge in [0.05, 0.1) is 26.7 Å². The van der Waals surface area contributed by atoms with Gasteiger partial charge in [0.15, 0.2) is 0 Å². The Kier molecular flexibility index (Phi) is 11.4. The number of nitrogens with zero attached hydrogens (tertiary/aromatic N) is 4. The number of anilines is 2. The average Bonchev–Trinajstić information content (AvgIpc) is 3.13. The van der Waals surface area contributed by atoms with Crippen LogP contribution in [0.5, 0.6) is 11.5 Å². The van der Waals surface area contributed by atoms with E-state index in [9.17, 15) is 37.5 Å². The maximum atomic E-state index is 14.2. The summed E-state index contributed by atoms with van der Waals surface area (Å²) in [6.07, 6.45) is -2.26. The molecule has 0 bridgehead atoms. The Morgan fingerprint density at radius 2 is 1.57 bits per heavy atom. The summed E-state index contributed by atoms with van der Waals surface area (Å²) in [5.74, 6) is -2.34. The van der Waals surface area contributed by atoms with Gasteiger partial charge in [-0.1, -0.05) is 31.4 Å². The van der Waals surface area contributed by atoms with Gasteiger partial charge in [0.25, 0.3) is 5.91 Å². The second-order valence-corrected chi connectivity index (χ2v) is 12.7. The molecule has 5 rings (SSSR count). The van der Waals surface area contributed by atoms with Crippen LogP contribution in [0.1, 0.15) is 43.2 Å². The number of β-lactam (4-membered cyclic amide) rings is 1. The van der Waals surface area contributed by atoms with Crippen molar-refractivity contribution in [1.82, 2.24) is 15.2 Å². The Hall–Kier alpha value is -5.34. The molecule has 2 aromatic carbocycles. The highest BCUT2D eigenvalue weighted by molar-refractivity contribution is 6.12. The van der Waals surface area contributed by atoms with Crippen molar-refractivity contribution >= 4 is 35.4 Å². The zero-order valence-corrected chi connectivity index (χ0v) is 28.4. The van der Waals surface area contributed by atoms with Crippen molar-refractivity contribution in [3.05, 3.63) is 78.0 Å². The van der Waals surface area contributed by atoms with Gasteiger partial charge in [-0.15, -0.1) is 0 Å². The molecule has 3 aromatic rings. The number of imide groups is 1. The molecule has 272 valence electrons. The van der Waals surface area contributed by atoms with E-state index in [4.69, 9.17) is 9.47 Å². The number of amides is 5. The van der Waals surface area contributed by atoms with E-state index < -0.39 is 54.0 Å². The van der Waals surface area contributed by atoms with Crippen molar-refractivity contribution in [2.24, 2.45) is 11.8 Å². The molecule has 1 saturated carbocycles.